The Kier molecular flexibility index (Phi) is 3.58. The van der Waals surface area contributed by atoms with Gasteiger partial charge in [0.15, 0.2) is 0 Å². The number of hydrogen-bond acceptors (Lipinski definition) is 2. The van der Waals surface area contributed by atoms with Gasteiger partial charge in [0.05, 0.1) is 5.69 Å². The zero-order valence-corrected chi connectivity index (χ0v) is 11.3. The van der Waals surface area contributed by atoms with Crippen LogP contribution in [0.2, 0.25) is 0 Å². The normalized spacial score (nSPS) is 11.4. The Morgan fingerprint density at radius 3 is 2.27 bits per heavy atom. The molecule has 1 heterocycles. The zero-order chi connectivity index (χ0) is 15.6. The second-order valence-corrected chi connectivity index (χ2v) is 4.62. The number of hydrogen-bond donors (Lipinski definition) is 1. The van der Waals surface area contributed by atoms with Gasteiger partial charge >= 0.3 is 6.36 Å². The summed E-state index contributed by atoms with van der Waals surface area (Å²) in [4.78, 5) is 0. The lowest BCUT2D eigenvalue weighted by molar-refractivity contribution is -0.615. The van der Waals surface area contributed by atoms with Gasteiger partial charge in [-0.25, -0.2) is 0 Å². The van der Waals surface area contributed by atoms with Crippen molar-refractivity contribution in [2.45, 2.75) is 6.36 Å². The van der Waals surface area contributed by atoms with Gasteiger partial charge in [-0.3, -0.25) is 0 Å². The van der Waals surface area contributed by atoms with Crippen molar-refractivity contribution < 1.29 is 22.6 Å². The van der Waals surface area contributed by atoms with E-state index in [2.05, 4.69) is 10.2 Å². The fourth-order valence-electron chi connectivity index (χ4n) is 2.13. The third kappa shape index (κ3) is 3.28. The van der Waals surface area contributed by atoms with E-state index in [0.717, 1.165) is 10.9 Å². The molecule has 112 valence electrons. The molecule has 0 aliphatic carbocycles. The quantitative estimate of drug-likeness (QED) is 0.742. The smallest absolute Gasteiger partial charge is 0.406 e. The summed E-state index contributed by atoms with van der Waals surface area (Å²) < 4.78 is 42.0. The maximum atomic E-state index is 12.1. The maximum absolute atomic E-state index is 12.1. The summed E-state index contributed by atoms with van der Waals surface area (Å²) in [7, 11) is 0. The zero-order valence-electron chi connectivity index (χ0n) is 11.3. The monoisotopic (exact) mass is 305 g/mol. The molecule has 0 aliphatic rings. The minimum atomic E-state index is -4.68. The van der Waals surface area contributed by atoms with Crippen LogP contribution in [-0.2, 0) is 0 Å². The molecule has 3 aromatic rings. The molecule has 1 N–H and O–H groups in total. The number of nitrogens with one attached hydrogen (secondary N) is 1. The van der Waals surface area contributed by atoms with E-state index < -0.39 is 6.36 Å². The summed E-state index contributed by atoms with van der Waals surface area (Å²) in [6, 6.07) is 17.2. The molecule has 0 spiro atoms. The summed E-state index contributed by atoms with van der Waals surface area (Å²) in [5.74, 6) is -0.249. The van der Waals surface area contributed by atoms with Gasteiger partial charge in [-0.05, 0) is 36.4 Å². The van der Waals surface area contributed by atoms with E-state index in [-0.39, 0.29) is 5.75 Å². The number of rotatable bonds is 3. The third-order valence-electron chi connectivity index (χ3n) is 3.04. The van der Waals surface area contributed by atoms with Crippen LogP contribution in [0.3, 0.4) is 0 Å². The summed E-state index contributed by atoms with van der Waals surface area (Å²) in [5, 5.41) is 1.05. The van der Waals surface area contributed by atoms with Crippen LogP contribution in [0.15, 0.2) is 66.9 Å². The van der Waals surface area contributed by atoms with E-state index in [0.29, 0.717) is 5.69 Å². The number of benzene rings is 2. The fourth-order valence-corrected chi connectivity index (χ4v) is 2.13. The lowest BCUT2D eigenvalue weighted by atomic mass is 10.2. The standard InChI is InChI=1S/C16H12F3N2O/c17-16(18,19)22-14-9-7-13(8-10-14)20-21-11-3-5-12-4-1-2-6-15(12)21/h1-11,20H/q+1. The molecule has 0 amide bonds. The Morgan fingerprint density at radius 1 is 0.864 bits per heavy atom. The number of halogens is 3. The van der Waals surface area contributed by atoms with Crippen LogP contribution in [0.25, 0.3) is 10.9 Å². The fraction of sp³-hybridized carbons (Fsp3) is 0.0625. The van der Waals surface area contributed by atoms with Gasteiger partial charge in [-0.15, -0.1) is 13.2 Å². The highest BCUT2D eigenvalue weighted by atomic mass is 19.4. The maximum Gasteiger partial charge on any atom is 0.573 e. The van der Waals surface area contributed by atoms with Crippen molar-refractivity contribution in [2.75, 3.05) is 5.43 Å². The number of alkyl halides is 3. The average Bonchev–Trinajstić information content (AvgIpc) is 2.48. The van der Waals surface area contributed by atoms with E-state index >= 15 is 0 Å². The second-order valence-electron chi connectivity index (χ2n) is 4.62. The highest BCUT2D eigenvalue weighted by Gasteiger charge is 2.30. The molecule has 2 aromatic carbocycles. The molecule has 1 aromatic heterocycles. The minimum Gasteiger partial charge on any atom is -0.406 e. The number of nitrogens with zero attached hydrogens (tertiary/aromatic N) is 1. The highest BCUT2D eigenvalue weighted by molar-refractivity contribution is 5.75. The third-order valence-corrected chi connectivity index (χ3v) is 3.04. The topological polar surface area (TPSA) is 25.1 Å². The largest absolute Gasteiger partial charge is 0.573 e. The van der Waals surface area contributed by atoms with E-state index in [1.807, 2.05) is 42.6 Å². The van der Waals surface area contributed by atoms with Crippen LogP contribution in [0.5, 0.6) is 5.75 Å². The Bertz CT molecular complexity index is 780. The van der Waals surface area contributed by atoms with Crippen molar-refractivity contribution in [3.63, 3.8) is 0 Å². The van der Waals surface area contributed by atoms with E-state index in [9.17, 15) is 13.2 Å². The van der Waals surface area contributed by atoms with Crippen LogP contribution in [0, 0.1) is 0 Å². The average molecular weight is 305 g/mol. The van der Waals surface area contributed by atoms with Crippen molar-refractivity contribution in [1.82, 2.24) is 0 Å². The summed E-state index contributed by atoms with van der Waals surface area (Å²) >= 11 is 0. The van der Waals surface area contributed by atoms with Crippen molar-refractivity contribution >= 4 is 16.6 Å². The Labute approximate surface area is 124 Å². The molecule has 6 heteroatoms. The molecule has 0 aliphatic heterocycles. The van der Waals surface area contributed by atoms with Gasteiger partial charge in [-0.1, -0.05) is 16.8 Å². The van der Waals surface area contributed by atoms with Crippen LogP contribution in [0.4, 0.5) is 18.9 Å². The van der Waals surface area contributed by atoms with Crippen molar-refractivity contribution in [3.8, 4) is 5.75 Å². The molecule has 3 nitrogen and oxygen atoms in total. The summed E-state index contributed by atoms with van der Waals surface area (Å²) in [5.41, 5.74) is 4.72. The Balaban J connectivity index is 1.83. The van der Waals surface area contributed by atoms with Crippen LogP contribution in [-0.4, -0.2) is 6.36 Å². The number of ether oxygens (including phenoxy) is 1. The van der Waals surface area contributed by atoms with Crippen molar-refractivity contribution in [3.05, 3.63) is 66.9 Å². The van der Waals surface area contributed by atoms with Gasteiger partial charge in [0.2, 0.25) is 11.7 Å². The van der Waals surface area contributed by atoms with Crippen molar-refractivity contribution in [2.24, 2.45) is 0 Å². The number of aromatic nitrogens is 1. The number of anilines is 1. The van der Waals surface area contributed by atoms with Crippen molar-refractivity contribution in [1.29, 1.82) is 0 Å². The first kappa shape index (κ1) is 14.2. The number of fused-ring (bicyclic) bond motifs is 1. The first-order valence-corrected chi connectivity index (χ1v) is 6.53. The molecule has 0 saturated carbocycles. The molecule has 0 fully saturated rings. The van der Waals surface area contributed by atoms with Gasteiger partial charge in [0, 0.05) is 17.5 Å². The Morgan fingerprint density at radius 2 is 1.55 bits per heavy atom. The molecule has 22 heavy (non-hydrogen) atoms. The SMILES string of the molecule is FC(F)(F)Oc1ccc(N[n+]2cccc3ccccc32)cc1. The predicted octanol–water partition coefficient (Wildman–Crippen LogP) is 3.90. The van der Waals surface area contributed by atoms with E-state index in [1.54, 1.807) is 4.68 Å². The molecule has 0 saturated heterocycles. The van der Waals surface area contributed by atoms with Crippen LogP contribution >= 0.6 is 0 Å². The molecule has 0 atom stereocenters. The Hall–Kier alpha value is -2.76. The molecule has 0 bridgehead atoms. The number of para-hydroxylation sites is 1. The molecular weight excluding hydrogens is 293 g/mol. The second kappa shape index (κ2) is 5.55. The van der Waals surface area contributed by atoms with E-state index in [4.69, 9.17) is 0 Å². The lowest BCUT2D eigenvalue weighted by Gasteiger charge is -2.09. The summed E-state index contributed by atoms with van der Waals surface area (Å²) in [6.45, 7) is 0. The lowest BCUT2D eigenvalue weighted by Crippen LogP contribution is -2.42. The first-order valence-electron chi connectivity index (χ1n) is 6.53. The van der Waals surface area contributed by atoms with Gasteiger partial charge in [0.1, 0.15) is 5.75 Å². The molecular formula is C16H12F3N2O+. The first-order chi connectivity index (χ1) is 10.5. The van der Waals surface area contributed by atoms with Crippen LogP contribution < -0.4 is 14.8 Å². The highest BCUT2D eigenvalue weighted by Crippen LogP contribution is 2.23. The van der Waals surface area contributed by atoms with Crippen LogP contribution in [0.1, 0.15) is 0 Å². The van der Waals surface area contributed by atoms with Gasteiger partial charge in [0.25, 0.3) is 0 Å². The number of pyridine rings is 1. The predicted molar refractivity (Wildman–Crippen MR) is 76.3 cm³/mol. The van der Waals surface area contributed by atoms with Gasteiger partial charge < -0.3 is 4.74 Å². The molecule has 0 radical (unpaired) electrons. The summed E-state index contributed by atoms with van der Waals surface area (Å²) in [6.07, 6.45) is -2.85. The minimum absolute atomic E-state index is 0.249. The molecule has 0 unspecified atom stereocenters. The molecule has 3 rings (SSSR count). The van der Waals surface area contributed by atoms with E-state index in [1.165, 1.54) is 24.3 Å². The van der Waals surface area contributed by atoms with Gasteiger partial charge in [-0.2, -0.15) is 5.43 Å².